The van der Waals surface area contributed by atoms with Crippen molar-refractivity contribution in [3.8, 4) is 6.01 Å². The Balaban J connectivity index is 2.85. The topological polar surface area (TPSA) is 39.4 Å². The number of halogens is 1. The van der Waals surface area contributed by atoms with Crippen molar-refractivity contribution in [3.63, 3.8) is 0 Å². The van der Waals surface area contributed by atoms with Crippen LogP contribution in [-0.4, -0.2) is 21.5 Å². The van der Waals surface area contributed by atoms with Gasteiger partial charge in [0.25, 0.3) is 0 Å². The minimum atomic E-state index is 0.407. The number of rotatable bonds is 1. The molecule has 0 saturated carbocycles. The van der Waals surface area contributed by atoms with Gasteiger partial charge in [-0.15, -0.1) is 0 Å². The average Bonchev–Trinajstić information content (AvgIpc) is 2.46. The molecule has 0 aliphatic carbocycles. The molecule has 0 aliphatic rings. The molecule has 0 bridgehead atoms. The van der Waals surface area contributed by atoms with Crippen molar-refractivity contribution in [2.75, 3.05) is 7.11 Å². The maximum absolute atomic E-state index is 5.78. The molecule has 0 spiro atoms. The van der Waals surface area contributed by atoms with Gasteiger partial charge in [-0.1, -0.05) is 11.6 Å². The summed E-state index contributed by atoms with van der Waals surface area (Å²) in [5, 5.41) is 0.407. The van der Waals surface area contributed by atoms with Crippen molar-refractivity contribution in [3.05, 3.63) is 23.2 Å². The fraction of sp³-hybridized carbons (Fsp3) is 0.250. The zero-order valence-corrected chi connectivity index (χ0v) is 8.04. The number of fused-ring (bicyclic) bond motifs is 1. The molecule has 4 nitrogen and oxygen atoms in total. The predicted octanol–water partition coefficient (Wildman–Crippen LogP) is 1.70. The second kappa shape index (κ2) is 2.88. The molecule has 13 heavy (non-hydrogen) atoms. The lowest BCUT2D eigenvalue weighted by Gasteiger charge is -2.03. The van der Waals surface area contributed by atoms with Crippen LogP contribution in [0.25, 0.3) is 5.52 Å². The van der Waals surface area contributed by atoms with E-state index in [2.05, 4.69) is 9.97 Å². The summed E-state index contributed by atoms with van der Waals surface area (Å²) in [5.74, 6) is 0.830. The summed E-state index contributed by atoms with van der Waals surface area (Å²) in [4.78, 5) is 8.15. The third-order valence-corrected chi connectivity index (χ3v) is 2.00. The van der Waals surface area contributed by atoms with Gasteiger partial charge in [0.2, 0.25) is 0 Å². The van der Waals surface area contributed by atoms with E-state index < -0.39 is 0 Å². The van der Waals surface area contributed by atoms with Gasteiger partial charge in [-0.3, -0.25) is 4.40 Å². The maximum atomic E-state index is 5.78. The maximum Gasteiger partial charge on any atom is 0.303 e. The third-order valence-electron chi connectivity index (χ3n) is 1.81. The molecule has 2 heterocycles. The highest BCUT2D eigenvalue weighted by Gasteiger charge is 2.07. The van der Waals surface area contributed by atoms with Crippen LogP contribution in [-0.2, 0) is 0 Å². The standard InChI is InChI=1S/C8H8ClN3O/c1-5-10-4-6-3-7(9)11-8(13-2)12(5)6/h3-4H,1-2H3. The Hall–Kier alpha value is -1.29. The Labute approximate surface area is 80.1 Å². The molecule has 0 saturated heterocycles. The fourth-order valence-electron chi connectivity index (χ4n) is 1.25. The van der Waals surface area contributed by atoms with Gasteiger partial charge in [-0.25, -0.2) is 4.98 Å². The van der Waals surface area contributed by atoms with E-state index >= 15 is 0 Å². The molecule has 2 aromatic heterocycles. The monoisotopic (exact) mass is 197 g/mol. The Morgan fingerprint density at radius 1 is 1.54 bits per heavy atom. The first-order chi connectivity index (χ1) is 6.22. The van der Waals surface area contributed by atoms with E-state index in [1.807, 2.05) is 6.92 Å². The van der Waals surface area contributed by atoms with E-state index in [-0.39, 0.29) is 0 Å². The average molecular weight is 198 g/mol. The van der Waals surface area contributed by atoms with Crippen LogP contribution < -0.4 is 4.74 Å². The SMILES string of the molecule is COc1nc(Cl)cc2cnc(C)n12. The Morgan fingerprint density at radius 2 is 2.31 bits per heavy atom. The zero-order chi connectivity index (χ0) is 9.42. The van der Waals surface area contributed by atoms with Gasteiger partial charge in [-0.2, -0.15) is 4.98 Å². The van der Waals surface area contributed by atoms with Gasteiger partial charge in [0.1, 0.15) is 11.0 Å². The van der Waals surface area contributed by atoms with Crippen LogP contribution >= 0.6 is 11.6 Å². The number of aromatic nitrogens is 3. The number of aryl methyl sites for hydroxylation is 1. The summed E-state index contributed by atoms with van der Waals surface area (Å²) in [6, 6.07) is 2.20. The van der Waals surface area contributed by atoms with E-state index in [1.54, 1.807) is 23.8 Å². The number of ether oxygens (including phenoxy) is 1. The van der Waals surface area contributed by atoms with Gasteiger partial charge in [0, 0.05) is 6.07 Å². The molecular weight excluding hydrogens is 190 g/mol. The van der Waals surface area contributed by atoms with Crippen LogP contribution in [0, 0.1) is 6.92 Å². The molecule has 0 fully saturated rings. The molecule has 0 aromatic carbocycles. The molecular formula is C8H8ClN3O. The summed E-state index contributed by atoms with van der Waals surface area (Å²) in [6.45, 7) is 1.88. The van der Waals surface area contributed by atoms with E-state index in [1.165, 1.54) is 0 Å². The summed E-state index contributed by atoms with van der Waals surface area (Å²) in [6.07, 6.45) is 1.73. The van der Waals surface area contributed by atoms with Crippen molar-refractivity contribution in [1.82, 2.24) is 14.4 Å². The lowest BCUT2D eigenvalue weighted by atomic mass is 10.5. The summed E-state index contributed by atoms with van der Waals surface area (Å²) < 4.78 is 6.87. The van der Waals surface area contributed by atoms with E-state index in [9.17, 15) is 0 Å². The summed E-state index contributed by atoms with van der Waals surface area (Å²) >= 11 is 5.78. The highest BCUT2D eigenvalue weighted by molar-refractivity contribution is 6.29. The molecule has 0 aliphatic heterocycles. The van der Waals surface area contributed by atoms with Gasteiger partial charge >= 0.3 is 6.01 Å². The minimum Gasteiger partial charge on any atom is -0.468 e. The smallest absolute Gasteiger partial charge is 0.303 e. The number of hydrogen-bond acceptors (Lipinski definition) is 3. The van der Waals surface area contributed by atoms with Crippen LogP contribution in [0.3, 0.4) is 0 Å². The van der Waals surface area contributed by atoms with Gasteiger partial charge in [0.05, 0.1) is 18.8 Å². The quantitative estimate of drug-likeness (QED) is 0.654. The lowest BCUT2D eigenvalue weighted by Crippen LogP contribution is -1.98. The van der Waals surface area contributed by atoms with Gasteiger partial charge < -0.3 is 4.74 Å². The Bertz CT molecular complexity index is 452. The van der Waals surface area contributed by atoms with Crippen LogP contribution in [0.1, 0.15) is 5.82 Å². The fourth-order valence-corrected chi connectivity index (χ4v) is 1.43. The first-order valence-electron chi connectivity index (χ1n) is 3.77. The summed E-state index contributed by atoms with van der Waals surface area (Å²) in [7, 11) is 1.55. The van der Waals surface area contributed by atoms with Crippen molar-refractivity contribution >= 4 is 17.1 Å². The number of imidazole rings is 1. The molecule has 5 heteroatoms. The molecule has 0 radical (unpaired) electrons. The van der Waals surface area contributed by atoms with Crippen molar-refractivity contribution < 1.29 is 4.74 Å². The van der Waals surface area contributed by atoms with E-state index in [0.717, 1.165) is 11.3 Å². The first kappa shape index (κ1) is 8.31. The van der Waals surface area contributed by atoms with Crippen molar-refractivity contribution in [2.45, 2.75) is 6.92 Å². The predicted molar refractivity (Wildman–Crippen MR) is 49.3 cm³/mol. The molecule has 2 rings (SSSR count). The van der Waals surface area contributed by atoms with Crippen LogP contribution in [0.2, 0.25) is 5.15 Å². The highest BCUT2D eigenvalue weighted by atomic mass is 35.5. The first-order valence-corrected chi connectivity index (χ1v) is 4.15. The van der Waals surface area contributed by atoms with Crippen LogP contribution in [0.15, 0.2) is 12.3 Å². The largest absolute Gasteiger partial charge is 0.468 e. The Kier molecular flexibility index (Phi) is 1.84. The van der Waals surface area contributed by atoms with E-state index in [4.69, 9.17) is 16.3 Å². The van der Waals surface area contributed by atoms with Crippen LogP contribution in [0.4, 0.5) is 0 Å². The highest BCUT2D eigenvalue weighted by Crippen LogP contribution is 2.18. The molecule has 68 valence electrons. The minimum absolute atomic E-state index is 0.407. The van der Waals surface area contributed by atoms with Crippen molar-refractivity contribution in [1.29, 1.82) is 0 Å². The third kappa shape index (κ3) is 1.23. The number of methoxy groups -OCH3 is 1. The lowest BCUT2D eigenvalue weighted by molar-refractivity contribution is 0.372. The molecule has 0 amide bonds. The normalized spacial score (nSPS) is 10.7. The Morgan fingerprint density at radius 3 is 3.00 bits per heavy atom. The number of nitrogens with zero attached hydrogens (tertiary/aromatic N) is 3. The number of hydrogen-bond donors (Lipinski definition) is 0. The second-order valence-electron chi connectivity index (χ2n) is 2.63. The summed E-state index contributed by atoms with van der Waals surface area (Å²) in [5.41, 5.74) is 0.884. The van der Waals surface area contributed by atoms with Gasteiger partial charge in [-0.05, 0) is 6.92 Å². The van der Waals surface area contributed by atoms with E-state index in [0.29, 0.717) is 11.2 Å². The molecule has 0 atom stereocenters. The molecule has 0 unspecified atom stereocenters. The second-order valence-corrected chi connectivity index (χ2v) is 3.02. The molecule has 0 N–H and O–H groups in total. The van der Waals surface area contributed by atoms with Crippen molar-refractivity contribution in [2.24, 2.45) is 0 Å². The zero-order valence-electron chi connectivity index (χ0n) is 7.28. The van der Waals surface area contributed by atoms with Gasteiger partial charge in [0.15, 0.2) is 0 Å². The molecule has 2 aromatic rings. The van der Waals surface area contributed by atoms with Crippen LogP contribution in [0.5, 0.6) is 6.01 Å².